The van der Waals surface area contributed by atoms with Gasteiger partial charge in [0.15, 0.2) is 6.61 Å². The summed E-state index contributed by atoms with van der Waals surface area (Å²) in [6, 6.07) is 14.7. The molecule has 1 aromatic heterocycles. The molecule has 9 nitrogen and oxygen atoms in total. The van der Waals surface area contributed by atoms with Crippen LogP contribution in [0, 0.1) is 6.92 Å². The highest BCUT2D eigenvalue weighted by atomic mass is 16.5. The predicted octanol–water partition coefficient (Wildman–Crippen LogP) is 3.91. The van der Waals surface area contributed by atoms with Crippen molar-refractivity contribution in [3.8, 4) is 5.75 Å². The van der Waals surface area contributed by atoms with E-state index in [-0.39, 0.29) is 18.4 Å². The zero-order valence-corrected chi connectivity index (χ0v) is 20.5. The highest BCUT2D eigenvalue weighted by Gasteiger charge is 2.33. The molecule has 3 aromatic rings. The molecule has 186 valence electrons. The van der Waals surface area contributed by atoms with Crippen molar-refractivity contribution in [3.05, 3.63) is 77.3 Å². The lowest BCUT2D eigenvalue weighted by Crippen LogP contribution is -2.38. The number of nitrogens with zero attached hydrogens (tertiary/aromatic N) is 4. The molecule has 2 aliphatic rings. The van der Waals surface area contributed by atoms with Crippen LogP contribution in [0.5, 0.6) is 5.75 Å². The molecule has 0 saturated carbocycles. The fourth-order valence-corrected chi connectivity index (χ4v) is 4.74. The van der Waals surface area contributed by atoms with E-state index in [1.165, 1.54) is 12.7 Å². The SMILES string of the molecule is CC1=C(C(=O)Nc2cccc(C)c2)C(c2ccc(OCC(=O)N3CCCCC3)cc2)n2ncnc2N1. The number of allylic oxidation sites excluding steroid dienone is 1. The third-order valence-corrected chi connectivity index (χ3v) is 6.58. The van der Waals surface area contributed by atoms with E-state index in [2.05, 4.69) is 20.7 Å². The summed E-state index contributed by atoms with van der Waals surface area (Å²) < 4.78 is 7.48. The summed E-state index contributed by atoms with van der Waals surface area (Å²) in [4.78, 5) is 32.1. The van der Waals surface area contributed by atoms with Gasteiger partial charge in [0, 0.05) is 24.5 Å². The summed E-state index contributed by atoms with van der Waals surface area (Å²) in [5.41, 5.74) is 3.89. The van der Waals surface area contributed by atoms with Crippen LogP contribution in [0.4, 0.5) is 11.6 Å². The normalized spacial score (nSPS) is 17.3. The highest BCUT2D eigenvalue weighted by molar-refractivity contribution is 6.06. The minimum Gasteiger partial charge on any atom is -0.484 e. The van der Waals surface area contributed by atoms with Gasteiger partial charge in [-0.25, -0.2) is 4.68 Å². The second-order valence-electron chi connectivity index (χ2n) is 9.22. The van der Waals surface area contributed by atoms with Gasteiger partial charge < -0.3 is 20.3 Å². The van der Waals surface area contributed by atoms with Gasteiger partial charge in [0.05, 0.1) is 5.57 Å². The Bertz CT molecular complexity index is 1290. The summed E-state index contributed by atoms with van der Waals surface area (Å²) >= 11 is 0. The summed E-state index contributed by atoms with van der Waals surface area (Å²) in [7, 11) is 0. The van der Waals surface area contributed by atoms with Gasteiger partial charge in [-0.2, -0.15) is 10.1 Å². The van der Waals surface area contributed by atoms with Gasteiger partial charge in [-0.05, 0) is 68.5 Å². The number of rotatable bonds is 6. The molecule has 9 heteroatoms. The largest absolute Gasteiger partial charge is 0.484 e. The number of fused-ring (bicyclic) bond motifs is 1. The maximum absolute atomic E-state index is 13.5. The van der Waals surface area contributed by atoms with Crippen LogP contribution in [0.25, 0.3) is 0 Å². The van der Waals surface area contributed by atoms with E-state index in [1.54, 1.807) is 4.68 Å². The molecule has 1 unspecified atom stereocenters. The molecule has 5 rings (SSSR count). The number of hydrogen-bond donors (Lipinski definition) is 2. The predicted molar refractivity (Wildman–Crippen MR) is 137 cm³/mol. The van der Waals surface area contributed by atoms with Gasteiger partial charge in [-0.3, -0.25) is 9.59 Å². The molecule has 0 aliphatic carbocycles. The number of hydrogen-bond acceptors (Lipinski definition) is 6. The first-order valence-electron chi connectivity index (χ1n) is 12.3. The fourth-order valence-electron chi connectivity index (χ4n) is 4.74. The number of carbonyl (C=O) groups excluding carboxylic acids is 2. The van der Waals surface area contributed by atoms with E-state index in [1.807, 2.05) is 67.3 Å². The Labute approximate surface area is 210 Å². The van der Waals surface area contributed by atoms with Crippen molar-refractivity contribution in [1.82, 2.24) is 19.7 Å². The van der Waals surface area contributed by atoms with E-state index >= 15 is 0 Å². The number of carbonyl (C=O) groups is 2. The number of anilines is 2. The second-order valence-corrected chi connectivity index (χ2v) is 9.22. The van der Waals surface area contributed by atoms with Gasteiger partial charge in [0.2, 0.25) is 5.95 Å². The quantitative estimate of drug-likeness (QED) is 0.548. The molecule has 0 spiro atoms. The molecule has 36 heavy (non-hydrogen) atoms. The van der Waals surface area contributed by atoms with E-state index in [9.17, 15) is 9.59 Å². The number of nitrogens with one attached hydrogen (secondary N) is 2. The zero-order chi connectivity index (χ0) is 25.1. The number of piperidine rings is 1. The first-order valence-corrected chi connectivity index (χ1v) is 12.3. The summed E-state index contributed by atoms with van der Waals surface area (Å²) in [6.45, 7) is 5.46. The Morgan fingerprint density at radius 3 is 2.61 bits per heavy atom. The minimum absolute atomic E-state index is 0.0121. The van der Waals surface area contributed by atoms with Crippen LogP contribution in [-0.4, -0.2) is 51.2 Å². The molecule has 2 aromatic carbocycles. The molecular formula is C27H30N6O3. The topological polar surface area (TPSA) is 101 Å². The number of aryl methyl sites for hydroxylation is 1. The molecule has 0 bridgehead atoms. The maximum atomic E-state index is 13.5. The number of likely N-dealkylation sites (tertiary alicyclic amines) is 1. The summed E-state index contributed by atoms with van der Waals surface area (Å²) in [5, 5.41) is 10.6. The molecule has 1 atom stereocenters. The van der Waals surface area contributed by atoms with Crippen LogP contribution in [0.15, 0.2) is 66.1 Å². The molecule has 2 N–H and O–H groups in total. The molecule has 2 amide bonds. The van der Waals surface area contributed by atoms with E-state index in [0.29, 0.717) is 23.0 Å². The van der Waals surface area contributed by atoms with Crippen LogP contribution < -0.4 is 15.4 Å². The van der Waals surface area contributed by atoms with E-state index < -0.39 is 6.04 Å². The molecule has 3 heterocycles. The Morgan fingerprint density at radius 2 is 1.86 bits per heavy atom. The first kappa shape index (κ1) is 23.6. The fraction of sp³-hybridized carbons (Fsp3) is 0.333. The lowest BCUT2D eigenvalue weighted by Gasteiger charge is -2.29. The lowest BCUT2D eigenvalue weighted by molar-refractivity contribution is -0.134. The molecule has 1 fully saturated rings. The smallest absolute Gasteiger partial charge is 0.260 e. The number of ether oxygens (including phenoxy) is 1. The van der Waals surface area contributed by atoms with Gasteiger partial charge in [0.1, 0.15) is 18.1 Å². The van der Waals surface area contributed by atoms with Crippen molar-refractivity contribution in [2.24, 2.45) is 0 Å². The van der Waals surface area contributed by atoms with Crippen molar-refractivity contribution in [2.75, 3.05) is 30.3 Å². The van der Waals surface area contributed by atoms with E-state index in [4.69, 9.17) is 4.74 Å². The van der Waals surface area contributed by atoms with Gasteiger partial charge in [0.25, 0.3) is 11.8 Å². The van der Waals surface area contributed by atoms with Crippen molar-refractivity contribution in [1.29, 1.82) is 0 Å². The van der Waals surface area contributed by atoms with Crippen LogP contribution in [0.2, 0.25) is 0 Å². The summed E-state index contributed by atoms with van der Waals surface area (Å²) in [6.07, 6.45) is 4.74. The van der Waals surface area contributed by atoms with Gasteiger partial charge in [-0.15, -0.1) is 0 Å². The standard InChI is InChI=1S/C27H30N6O3/c1-18-7-6-8-21(15-18)31-26(35)24-19(2)30-27-28-17-29-33(27)25(24)20-9-11-22(12-10-20)36-16-23(34)32-13-4-3-5-14-32/h6-12,15,17,25H,3-5,13-14,16H2,1-2H3,(H,31,35)(H,28,29,30). The Balaban J connectivity index is 1.35. The number of aromatic nitrogens is 3. The number of benzene rings is 2. The van der Waals surface area contributed by atoms with E-state index in [0.717, 1.165) is 42.7 Å². The van der Waals surface area contributed by atoms with Crippen molar-refractivity contribution < 1.29 is 14.3 Å². The van der Waals surface area contributed by atoms with Gasteiger partial charge >= 0.3 is 0 Å². The van der Waals surface area contributed by atoms with Crippen LogP contribution in [0.1, 0.15) is 43.4 Å². The van der Waals surface area contributed by atoms with Crippen molar-refractivity contribution >= 4 is 23.5 Å². The van der Waals surface area contributed by atoms with Crippen LogP contribution in [0.3, 0.4) is 0 Å². The molecule has 0 radical (unpaired) electrons. The minimum atomic E-state index is -0.474. The average Bonchev–Trinajstić information content (AvgIpc) is 3.35. The Kier molecular flexibility index (Phi) is 6.71. The summed E-state index contributed by atoms with van der Waals surface area (Å²) in [5.74, 6) is 0.961. The Morgan fingerprint density at radius 1 is 1.08 bits per heavy atom. The van der Waals surface area contributed by atoms with Crippen LogP contribution in [-0.2, 0) is 9.59 Å². The molecular weight excluding hydrogens is 456 g/mol. The van der Waals surface area contributed by atoms with Crippen LogP contribution >= 0.6 is 0 Å². The monoisotopic (exact) mass is 486 g/mol. The number of amides is 2. The average molecular weight is 487 g/mol. The third kappa shape index (κ3) is 4.95. The third-order valence-electron chi connectivity index (χ3n) is 6.58. The van der Waals surface area contributed by atoms with Gasteiger partial charge in [-0.1, -0.05) is 24.3 Å². The second kappa shape index (κ2) is 10.2. The molecule has 1 saturated heterocycles. The lowest BCUT2D eigenvalue weighted by atomic mass is 9.95. The maximum Gasteiger partial charge on any atom is 0.260 e. The van der Waals surface area contributed by atoms with Crippen molar-refractivity contribution in [3.63, 3.8) is 0 Å². The zero-order valence-electron chi connectivity index (χ0n) is 20.5. The van der Waals surface area contributed by atoms with Crippen molar-refractivity contribution in [2.45, 2.75) is 39.2 Å². The molecule has 2 aliphatic heterocycles. The highest BCUT2D eigenvalue weighted by Crippen LogP contribution is 2.35. The Hall–Kier alpha value is -4.14. The first-order chi connectivity index (χ1) is 17.5.